The fourth-order valence-electron chi connectivity index (χ4n) is 9.42. The number of Topliss-reactive ketones (excluding diaryl/α,β-unsaturated/α-hetero) is 2. The van der Waals surface area contributed by atoms with Crippen LogP contribution in [0.2, 0.25) is 0 Å². The lowest BCUT2D eigenvalue weighted by Crippen LogP contribution is -2.64. The number of esters is 1. The summed E-state index contributed by atoms with van der Waals surface area (Å²) in [5, 5.41) is 34.1. The highest BCUT2D eigenvalue weighted by molar-refractivity contribution is 6.39. The van der Waals surface area contributed by atoms with Crippen LogP contribution in [0.25, 0.3) is 0 Å². The fraction of sp³-hybridized carbons (Fsp3) is 0.773. The van der Waals surface area contributed by atoms with Crippen molar-refractivity contribution in [3.63, 3.8) is 0 Å². The number of carbonyl (C=O) groups is 4. The number of piperidine rings is 1. The average molecular weight is 804 g/mol. The van der Waals surface area contributed by atoms with E-state index in [1.165, 1.54) is 19.1 Å². The molecule has 3 N–H and O–H groups in total. The fourth-order valence-corrected chi connectivity index (χ4v) is 9.42. The first kappa shape index (κ1) is 46.9. The summed E-state index contributed by atoms with van der Waals surface area (Å²) in [5.41, 5.74) is 1.61. The SMILES string of the molecule is C=CC[C@@H]1/C=C(\C)C[C@@H](C)C[C@@H](OC)[C@H]2O[C@@](O)(C(=O)C(=O)N3CCCC[C@H]3C(=O)O[C@H](C(C)=C[C@@H]3CC[C@@H](O)[C@H](OC)C3)[C@@H](C)[C@H](O)CC1=O)[C@H](C)C[C@H]2OC. The van der Waals surface area contributed by atoms with Gasteiger partial charge >= 0.3 is 5.97 Å². The maximum Gasteiger partial charge on any atom is 0.329 e. The van der Waals surface area contributed by atoms with Crippen molar-refractivity contribution in [1.29, 1.82) is 0 Å². The molecule has 13 nitrogen and oxygen atoms in total. The molecular weight excluding hydrogens is 734 g/mol. The summed E-state index contributed by atoms with van der Waals surface area (Å²) in [4.78, 5) is 57.8. The van der Waals surface area contributed by atoms with Gasteiger partial charge in [0.2, 0.25) is 5.79 Å². The van der Waals surface area contributed by atoms with Gasteiger partial charge in [-0.25, -0.2) is 4.79 Å². The van der Waals surface area contributed by atoms with Gasteiger partial charge in [0.1, 0.15) is 24.0 Å². The van der Waals surface area contributed by atoms with E-state index in [0.29, 0.717) is 56.9 Å². The minimum absolute atomic E-state index is 0.00988. The third-order valence-electron chi connectivity index (χ3n) is 12.9. The average Bonchev–Trinajstić information content (AvgIpc) is 3.18. The second-order valence-electron chi connectivity index (χ2n) is 17.3. The summed E-state index contributed by atoms with van der Waals surface area (Å²) in [6, 6.07) is -1.14. The van der Waals surface area contributed by atoms with Crippen LogP contribution in [0.1, 0.15) is 105 Å². The summed E-state index contributed by atoms with van der Waals surface area (Å²) in [6.45, 7) is 13.1. The van der Waals surface area contributed by atoms with Crippen LogP contribution >= 0.6 is 0 Å². The van der Waals surface area contributed by atoms with Crippen molar-refractivity contribution in [2.75, 3.05) is 27.9 Å². The van der Waals surface area contributed by atoms with E-state index in [2.05, 4.69) is 6.58 Å². The number of ketones is 2. The van der Waals surface area contributed by atoms with Gasteiger partial charge in [-0.1, -0.05) is 44.6 Å². The summed E-state index contributed by atoms with van der Waals surface area (Å²) < 4.78 is 29.7. The van der Waals surface area contributed by atoms with Gasteiger partial charge < -0.3 is 43.9 Å². The molecule has 2 saturated heterocycles. The summed E-state index contributed by atoms with van der Waals surface area (Å²) in [6.07, 6.45) is 4.93. The molecule has 4 rings (SSSR count). The number of cyclic esters (lactones) is 1. The van der Waals surface area contributed by atoms with Crippen molar-refractivity contribution in [2.45, 2.75) is 160 Å². The Balaban J connectivity index is 1.78. The second kappa shape index (κ2) is 21.0. The van der Waals surface area contributed by atoms with E-state index in [1.54, 1.807) is 27.0 Å². The predicted octanol–water partition coefficient (Wildman–Crippen LogP) is 4.64. The quantitative estimate of drug-likeness (QED) is 0.185. The van der Waals surface area contributed by atoms with Gasteiger partial charge in [0, 0.05) is 52.0 Å². The number of fused-ring (bicyclic) bond motifs is 3. The number of methoxy groups -OCH3 is 3. The van der Waals surface area contributed by atoms with Gasteiger partial charge in [0.15, 0.2) is 0 Å². The van der Waals surface area contributed by atoms with Gasteiger partial charge in [-0.2, -0.15) is 0 Å². The minimum Gasteiger partial charge on any atom is -0.456 e. The standard InChI is InChI=1S/C44H69NO12/c1-10-13-31-19-25(2)18-26(3)20-37(54-8)40-38(55-9)22-28(5)44(52,57-40)41(49)42(50)45-17-12-11-14-32(45)43(51)56-39(29(6)34(47)24-35(31)48)27(4)21-30-15-16-33(46)36(23-30)53-7/h10,19,21,26,28-34,36-40,46-47,52H,1,11-18,20,22-24H2,2-9H3/b25-19+,27-21?/t26-,28-,29+,30+,31-,32+,33-,34-,36-,37-,38-,39-,40-,44-/m1/s1. The van der Waals surface area contributed by atoms with Gasteiger partial charge in [-0.15, -0.1) is 6.58 Å². The molecule has 3 fully saturated rings. The lowest BCUT2D eigenvalue weighted by atomic mass is 9.81. The molecule has 2 bridgehead atoms. The third kappa shape index (κ3) is 11.3. The number of amides is 1. The Morgan fingerprint density at radius 3 is 2.25 bits per heavy atom. The molecule has 0 aromatic carbocycles. The Hall–Kier alpha value is -2.78. The smallest absolute Gasteiger partial charge is 0.329 e. The van der Waals surface area contributed by atoms with Crippen LogP contribution in [0.5, 0.6) is 0 Å². The highest BCUT2D eigenvalue weighted by atomic mass is 16.7. The summed E-state index contributed by atoms with van der Waals surface area (Å²) in [5.74, 6) is -7.76. The van der Waals surface area contributed by atoms with E-state index in [1.807, 2.05) is 32.9 Å². The van der Waals surface area contributed by atoms with E-state index in [9.17, 15) is 34.5 Å². The van der Waals surface area contributed by atoms with Crippen LogP contribution in [-0.2, 0) is 42.9 Å². The molecule has 1 saturated carbocycles. The molecule has 14 atom stereocenters. The molecule has 1 amide bonds. The molecule has 3 heterocycles. The van der Waals surface area contributed by atoms with E-state index in [0.717, 1.165) is 5.57 Å². The lowest BCUT2D eigenvalue weighted by Gasteiger charge is -2.47. The summed E-state index contributed by atoms with van der Waals surface area (Å²) >= 11 is 0. The van der Waals surface area contributed by atoms with Crippen LogP contribution in [0.15, 0.2) is 36.0 Å². The van der Waals surface area contributed by atoms with E-state index >= 15 is 0 Å². The zero-order valence-electron chi connectivity index (χ0n) is 35.4. The van der Waals surface area contributed by atoms with Crippen molar-refractivity contribution in [2.24, 2.45) is 29.6 Å². The van der Waals surface area contributed by atoms with Crippen LogP contribution in [0.3, 0.4) is 0 Å². The van der Waals surface area contributed by atoms with Crippen LogP contribution < -0.4 is 0 Å². The van der Waals surface area contributed by atoms with Crippen molar-refractivity contribution < 1.29 is 58.2 Å². The zero-order chi connectivity index (χ0) is 42.2. The Morgan fingerprint density at radius 2 is 1.60 bits per heavy atom. The van der Waals surface area contributed by atoms with Gasteiger partial charge in [-0.3, -0.25) is 14.4 Å². The topological polar surface area (TPSA) is 178 Å². The van der Waals surface area contributed by atoms with Gasteiger partial charge in [-0.05, 0) is 95.5 Å². The van der Waals surface area contributed by atoms with E-state index < -0.39 is 83.9 Å². The van der Waals surface area contributed by atoms with E-state index in [4.69, 9.17) is 23.7 Å². The molecule has 1 aliphatic carbocycles. The van der Waals surface area contributed by atoms with Crippen LogP contribution in [-0.4, -0.2) is 126 Å². The van der Waals surface area contributed by atoms with Gasteiger partial charge in [0.25, 0.3) is 11.7 Å². The number of nitrogens with zero attached hydrogens (tertiary/aromatic N) is 1. The van der Waals surface area contributed by atoms with Crippen molar-refractivity contribution in [3.05, 3.63) is 36.0 Å². The van der Waals surface area contributed by atoms with Crippen LogP contribution in [0.4, 0.5) is 0 Å². The normalized spacial score (nSPS) is 41.0. The lowest BCUT2D eigenvalue weighted by molar-refractivity contribution is -0.302. The number of allylic oxidation sites excluding steroid dienone is 4. The number of rotatable bonds is 7. The molecular formula is C44H69NO12. The highest BCUT2D eigenvalue weighted by Gasteiger charge is 2.56. The molecule has 0 radical (unpaired) electrons. The van der Waals surface area contributed by atoms with Crippen molar-refractivity contribution in [1.82, 2.24) is 4.90 Å². The number of hydrogen-bond donors (Lipinski definition) is 3. The Labute approximate surface area is 339 Å². The molecule has 57 heavy (non-hydrogen) atoms. The summed E-state index contributed by atoms with van der Waals surface area (Å²) in [7, 11) is 4.61. The molecule has 4 aliphatic rings. The number of aliphatic hydroxyl groups excluding tert-OH is 2. The number of aliphatic hydroxyl groups is 3. The Kier molecular flexibility index (Phi) is 17.2. The Morgan fingerprint density at radius 1 is 0.930 bits per heavy atom. The highest BCUT2D eigenvalue weighted by Crippen LogP contribution is 2.39. The largest absolute Gasteiger partial charge is 0.456 e. The second-order valence-corrected chi connectivity index (χ2v) is 17.3. The first-order valence-corrected chi connectivity index (χ1v) is 20.9. The van der Waals surface area contributed by atoms with Crippen molar-refractivity contribution >= 4 is 23.4 Å². The molecule has 3 aliphatic heterocycles. The number of hydrogen-bond acceptors (Lipinski definition) is 12. The predicted molar refractivity (Wildman–Crippen MR) is 213 cm³/mol. The van der Waals surface area contributed by atoms with Crippen LogP contribution in [0, 0.1) is 29.6 Å². The first-order chi connectivity index (χ1) is 27.0. The number of carbonyl (C=O) groups excluding carboxylic acids is 4. The first-order valence-electron chi connectivity index (χ1n) is 20.9. The Bertz CT molecular complexity index is 1480. The molecule has 13 heteroatoms. The van der Waals surface area contributed by atoms with E-state index in [-0.39, 0.29) is 49.5 Å². The monoisotopic (exact) mass is 803 g/mol. The van der Waals surface area contributed by atoms with Gasteiger partial charge in [0.05, 0.1) is 30.5 Å². The molecule has 0 spiro atoms. The number of ether oxygens (including phenoxy) is 5. The molecule has 0 aromatic heterocycles. The maximum atomic E-state index is 14.3. The molecule has 322 valence electrons. The molecule has 0 aromatic rings. The third-order valence-corrected chi connectivity index (χ3v) is 12.9. The zero-order valence-corrected chi connectivity index (χ0v) is 35.4. The maximum absolute atomic E-state index is 14.3. The molecule has 0 unspecified atom stereocenters. The minimum atomic E-state index is -2.51. The van der Waals surface area contributed by atoms with Crippen molar-refractivity contribution in [3.8, 4) is 0 Å².